The number of alkyl carbamates (subject to hydrolysis) is 1. The van der Waals surface area contributed by atoms with Gasteiger partial charge in [0, 0.05) is 0 Å². The molecule has 0 fully saturated rings. The second-order valence-electron chi connectivity index (χ2n) is 5.78. The lowest BCUT2D eigenvalue weighted by Gasteiger charge is -2.21. The van der Waals surface area contributed by atoms with Crippen LogP contribution in [0.25, 0.3) is 0 Å². The molecule has 6 heteroatoms. The number of carbonyl (C=O) groups is 2. The summed E-state index contributed by atoms with van der Waals surface area (Å²) in [7, 11) is 0. The fourth-order valence-corrected chi connectivity index (χ4v) is 1.91. The van der Waals surface area contributed by atoms with Crippen LogP contribution in [0.5, 0.6) is 11.5 Å². The van der Waals surface area contributed by atoms with E-state index in [-0.39, 0.29) is 6.79 Å². The molecule has 0 saturated heterocycles. The molecule has 1 unspecified atom stereocenters. The van der Waals surface area contributed by atoms with Crippen molar-refractivity contribution in [3.63, 3.8) is 0 Å². The van der Waals surface area contributed by atoms with Gasteiger partial charge >= 0.3 is 6.09 Å². The van der Waals surface area contributed by atoms with Gasteiger partial charge in [0.2, 0.25) is 6.79 Å². The van der Waals surface area contributed by atoms with E-state index >= 15 is 0 Å². The first-order chi connectivity index (χ1) is 9.87. The molecular formula is C15H19NO5. The van der Waals surface area contributed by atoms with E-state index in [1.807, 2.05) is 6.07 Å². The summed E-state index contributed by atoms with van der Waals surface area (Å²) in [5.74, 6) is 1.33. The van der Waals surface area contributed by atoms with Crippen LogP contribution in [0.3, 0.4) is 0 Å². The number of fused-ring (bicyclic) bond motifs is 1. The topological polar surface area (TPSA) is 73.9 Å². The Balaban J connectivity index is 1.96. The molecule has 1 amide bonds. The third kappa shape index (κ3) is 4.37. The van der Waals surface area contributed by atoms with Crippen molar-refractivity contribution in [2.75, 3.05) is 6.79 Å². The van der Waals surface area contributed by atoms with Crippen LogP contribution in [0.2, 0.25) is 0 Å². The highest BCUT2D eigenvalue weighted by molar-refractivity contribution is 5.73. The summed E-state index contributed by atoms with van der Waals surface area (Å²) in [4.78, 5) is 22.8. The van der Waals surface area contributed by atoms with E-state index in [2.05, 4.69) is 5.32 Å². The number of ether oxygens (including phenoxy) is 3. The largest absolute Gasteiger partial charge is 0.454 e. The Hall–Kier alpha value is -2.24. The fourth-order valence-electron chi connectivity index (χ4n) is 1.91. The third-order valence-electron chi connectivity index (χ3n) is 2.76. The van der Waals surface area contributed by atoms with E-state index in [0.29, 0.717) is 24.2 Å². The zero-order chi connectivity index (χ0) is 15.5. The van der Waals surface area contributed by atoms with Crippen LogP contribution in [0.4, 0.5) is 4.79 Å². The number of rotatable bonds is 4. The van der Waals surface area contributed by atoms with Crippen LogP contribution in [0, 0.1) is 0 Å². The molecule has 1 N–H and O–H groups in total. The minimum absolute atomic E-state index is 0.200. The number of amides is 1. The van der Waals surface area contributed by atoms with Crippen molar-refractivity contribution in [1.29, 1.82) is 0 Å². The average molecular weight is 293 g/mol. The first kappa shape index (κ1) is 15.2. The van der Waals surface area contributed by atoms with Crippen molar-refractivity contribution >= 4 is 12.4 Å². The van der Waals surface area contributed by atoms with Gasteiger partial charge in [-0.3, -0.25) is 0 Å². The normalized spacial score (nSPS) is 14.4. The molecule has 1 aliphatic heterocycles. The van der Waals surface area contributed by atoms with Gasteiger partial charge in [-0.05, 0) is 44.9 Å². The fraction of sp³-hybridized carbons (Fsp3) is 0.467. The molecule has 21 heavy (non-hydrogen) atoms. The molecule has 0 aromatic heterocycles. The van der Waals surface area contributed by atoms with Crippen molar-refractivity contribution in [2.24, 2.45) is 0 Å². The maximum Gasteiger partial charge on any atom is 0.408 e. The summed E-state index contributed by atoms with van der Waals surface area (Å²) in [6.45, 7) is 5.49. The average Bonchev–Trinajstić information content (AvgIpc) is 2.83. The molecule has 0 saturated carbocycles. The summed E-state index contributed by atoms with van der Waals surface area (Å²) >= 11 is 0. The molecule has 1 aliphatic rings. The number of hydrogen-bond acceptors (Lipinski definition) is 5. The zero-order valence-corrected chi connectivity index (χ0v) is 12.3. The first-order valence-electron chi connectivity index (χ1n) is 6.71. The van der Waals surface area contributed by atoms with E-state index < -0.39 is 17.7 Å². The molecule has 2 rings (SSSR count). The van der Waals surface area contributed by atoms with Gasteiger partial charge in [0.1, 0.15) is 11.9 Å². The number of hydrogen-bond donors (Lipinski definition) is 1. The van der Waals surface area contributed by atoms with Gasteiger partial charge < -0.3 is 24.3 Å². The van der Waals surface area contributed by atoms with Gasteiger partial charge in [-0.25, -0.2) is 4.79 Å². The predicted molar refractivity (Wildman–Crippen MR) is 75.5 cm³/mol. The van der Waals surface area contributed by atoms with Crippen LogP contribution in [0.1, 0.15) is 26.3 Å². The maximum atomic E-state index is 11.7. The molecule has 114 valence electrons. The molecule has 1 aromatic rings. The van der Waals surface area contributed by atoms with Crippen molar-refractivity contribution in [2.45, 2.75) is 38.8 Å². The minimum atomic E-state index is -0.653. The van der Waals surface area contributed by atoms with E-state index in [1.54, 1.807) is 32.9 Å². The van der Waals surface area contributed by atoms with Gasteiger partial charge in [0.25, 0.3) is 0 Å². The van der Waals surface area contributed by atoms with Gasteiger partial charge in [0.05, 0.1) is 6.04 Å². The molecule has 6 nitrogen and oxygen atoms in total. The monoisotopic (exact) mass is 293 g/mol. The second kappa shape index (κ2) is 6.03. The quantitative estimate of drug-likeness (QED) is 0.860. The molecular weight excluding hydrogens is 274 g/mol. The molecule has 0 spiro atoms. The molecule has 1 heterocycles. The Kier molecular flexibility index (Phi) is 4.35. The van der Waals surface area contributed by atoms with Crippen LogP contribution >= 0.6 is 0 Å². The van der Waals surface area contributed by atoms with Gasteiger partial charge in [-0.1, -0.05) is 6.07 Å². The highest BCUT2D eigenvalue weighted by Gasteiger charge is 2.20. The van der Waals surface area contributed by atoms with Gasteiger partial charge in [0.15, 0.2) is 11.5 Å². The zero-order valence-electron chi connectivity index (χ0n) is 12.3. The van der Waals surface area contributed by atoms with Crippen molar-refractivity contribution in [3.05, 3.63) is 23.8 Å². The van der Waals surface area contributed by atoms with E-state index in [1.165, 1.54) is 0 Å². The summed E-state index contributed by atoms with van der Waals surface area (Å²) in [5, 5.41) is 2.54. The van der Waals surface area contributed by atoms with Crippen LogP contribution in [0.15, 0.2) is 18.2 Å². The molecule has 1 atom stereocenters. The number of carbonyl (C=O) groups excluding carboxylic acids is 2. The summed E-state index contributed by atoms with van der Waals surface area (Å²) in [5.41, 5.74) is 0.267. The predicted octanol–water partition coefficient (Wildman–Crippen LogP) is 2.05. The van der Waals surface area contributed by atoms with Crippen molar-refractivity contribution in [3.8, 4) is 11.5 Å². The molecule has 0 radical (unpaired) electrons. The van der Waals surface area contributed by atoms with Crippen LogP contribution < -0.4 is 14.8 Å². The number of nitrogens with one attached hydrogen (secondary N) is 1. The van der Waals surface area contributed by atoms with Gasteiger partial charge in [-0.2, -0.15) is 0 Å². The summed E-state index contributed by atoms with van der Waals surface area (Å²) in [6.07, 6.45) is 0.439. The van der Waals surface area contributed by atoms with Crippen LogP contribution in [-0.2, 0) is 16.0 Å². The van der Waals surface area contributed by atoms with E-state index in [0.717, 1.165) is 5.56 Å². The smallest absolute Gasteiger partial charge is 0.408 e. The Morgan fingerprint density at radius 3 is 2.76 bits per heavy atom. The lowest BCUT2D eigenvalue weighted by atomic mass is 10.1. The Morgan fingerprint density at radius 1 is 1.38 bits per heavy atom. The van der Waals surface area contributed by atoms with Crippen molar-refractivity contribution < 1.29 is 23.8 Å². The lowest BCUT2D eigenvalue weighted by Crippen LogP contribution is -2.41. The first-order valence-corrected chi connectivity index (χ1v) is 6.71. The highest BCUT2D eigenvalue weighted by Crippen LogP contribution is 2.32. The summed E-state index contributed by atoms with van der Waals surface area (Å²) in [6, 6.07) is 4.77. The Labute approximate surface area is 123 Å². The minimum Gasteiger partial charge on any atom is -0.454 e. The van der Waals surface area contributed by atoms with Crippen LogP contribution in [-0.4, -0.2) is 30.8 Å². The van der Waals surface area contributed by atoms with E-state index in [9.17, 15) is 9.59 Å². The molecule has 0 bridgehead atoms. The highest BCUT2D eigenvalue weighted by atomic mass is 16.7. The molecule has 0 aliphatic carbocycles. The third-order valence-corrected chi connectivity index (χ3v) is 2.76. The van der Waals surface area contributed by atoms with Crippen molar-refractivity contribution in [1.82, 2.24) is 5.32 Å². The Bertz CT molecular complexity index is 535. The van der Waals surface area contributed by atoms with E-state index in [4.69, 9.17) is 14.2 Å². The maximum absolute atomic E-state index is 11.7. The number of benzene rings is 1. The standard InChI is InChI=1S/C15H19NO5/c1-15(2,3)21-14(18)16-11(8-17)6-10-4-5-12-13(7-10)20-9-19-12/h4-5,7-8,11H,6,9H2,1-3H3,(H,16,18). The SMILES string of the molecule is CC(C)(C)OC(=O)NC(C=O)Cc1ccc2c(c1)OCO2. The molecule has 1 aromatic carbocycles. The lowest BCUT2D eigenvalue weighted by molar-refractivity contribution is -0.109. The number of aldehydes is 1. The Morgan fingerprint density at radius 2 is 2.10 bits per heavy atom. The second-order valence-corrected chi connectivity index (χ2v) is 5.78. The summed E-state index contributed by atoms with van der Waals surface area (Å²) < 4.78 is 15.6. The van der Waals surface area contributed by atoms with Gasteiger partial charge in [-0.15, -0.1) is 0 Å².